The normalized spacial score (nSPS) is 19.5. The van der Waals surface area contributed by atoms with Gasteiger partial charge < -0.3 is 10.4 Å². The van der Waals surface area contributed by atoms with Crippen molar-refractivity contribution in [2.75, 3.05) is 0 Å². The zero-order valence-electron chi connectivity index (χ0n) is 13.4. The van der Waals surface area contributed by atoms with Crippen molar-refractivity contribution < 1.29 is 9.90 Å². The number of aromatic hydroxyl groups is 1. The number of nitrogens with one attached hydrogen (secondary N) is 1. The smallest absolute Gasteiger partial charge is 0.239 e. The zero-order chi connectivity index (χ0) is 16.9. The van der Waals surface area contributed by atoms with Crippen LogP contribution >= 0.6 is 11.8 Å². The Balaban J connectivity index is 1.78. The Bertz CT molecular complexity index is 817. The number of amides is 1. The summed E-state index contributed by atoms with van der Waals surface area (Å²) in [5.74, 6) is 0.150. The monoisotopic (exact) mass is 341 g/mol. The highest BCUT2D eigenvalue weighted by atomic mass is 32.2. The molecule has 5 nitrogen and oxygen atoms in total. The minimum absolute atomic E-state index is 0.00425. The molecule has 1 unspecified atom stereocenters. The first kappa shape index (κ1) is 16.5. The van der Waals surface area contributed by atoms with E-state index < -0.39 is 0 Å². The van der Waals surface area contributed by atoms with Crippen LogP contribution in [0.2, 0.25) is 0 Å². The van der Waals surface area contributed by atoms with Crippen LogP contribution in [0, 0.1) is 0 Å². The van der Waals surface area contributed by atoms with Crippen molar-refractivity contribution >= 4 is 39.8 Å². The predicted molar refractivity (Wildman–Crippen MR) is 99.7 cm³/mol. The highest BCUT2D eigenvalue weighted by molar-refractivity contribution is 8.15. The van der Waals surface area contributed by atoms with Gasteiger partial charge in [0.1, 0.15) is 5.75 Å². The number of thioether (sulfide) groups is 1. The highest BCUT2D eigenvalue weighted by Crippen LogP contribution is 2.26. The summed E-state index contributed by atoms with van der Waals surface area (Å²) >= 11 is 1.41. The number of phenols is 1. The summed E-state index contributed by atoms with van der Waals surface area (Å²) in [6, 6.07) is 11.3. The molecule has 1 atom stereocenters. The lowest BCUT2D eigenvalue weighted by Crippen LogP contribution is -2.24. The molecular weight excluding hydrogens is 322 g/mol. The van der Waals surface area contributed by atoms with Crippen molar-refractivity contribution in [1.82, 2.24) is 5.32 Å². The van der Waals surface area contributed by atoms with Crippen LogP contribution in [0.1, 0.15) is 31.7 Å². The lowest BCUT2D eigenvalue weighted by atomic mass is 10.0. The van der Waals surface area contributed by atoms with Crippen LogP contribution in [-0.2, 0) is 4.79 Å². The summed E-state index contributed by atoms with van der Waals surface area (Å²) in [4.78, 5) is 11.8. The van der Waals surface area contributed by atoms with E-state index in [1.807, 2.05) is 30.3 Å². The van der Waals surface area contributed by atoms with Crippen LogP contribution in [-0.4, -0.2) is 27.6 Å². The van der Waals surface area contributed by atoms with Gasteiger partial charge in [0.15, 0.2) is 5.17 Å². The van der Waals surface area contributed by atoms with E-state index in [0.29, 0.717) is 10.7 Å². The fraction of sp³-hybridized carbons (Fsp3) is 0.278. The van der Waals surface area contributed by atoms with E-state index in [0.717, 1.165) is 30.0 Å². The maximum atomic E-state index is 11.8. The van der Waals surface area contributed by atoms with Gasteiger partial charge in [-0.05, 0) is 23.3 Å². The maximum absolute atomic E-state index is 11.8. The van der Waals surface area contributed by atoms with Crippen molar-refractivity contribution in [3.8, 4) is 5.75 Å². The summed E-state index contributed by atoms with van der Waals surface area (Å²) < 4.78 is 0. The molecule has 1 heterocycles. The number of hydrogen-bond donors (Lipinski definition) is 2. The van der Waals surface area contributed by atoms with Gasteiger partial charge in [-0.2, -0.15) is 5.10 Å². The number of benzene rings is 2. The second kappa shape index (κ2) is 7.49. The molecule has 1 amide bonds. The molecule has 124 valence electrons. The fourth-order valence-corrected chi connectivity index (χ4v) is 3.56. The summed E-state index contributed by atoms with van der Waals surface area (Å²) in [6.45, 7) is 2.10. The number of carbonyl (C=O) groups is 1. The van der Waals surface area contributed by atoms with Crippen LogP contribution in [0.25, 0.3) is 10.8 Å². The third kappa shape index (κ3) is 3.59. The van der Waals surface area contributed by atoms with Gasteiger partial charge in [0.05, 0.1) is 11.5 Å². The van der Waals surface area contributed by atoms with Crippen LogP contribution < -0.4 is 5.32 Å². The summed E-state index contributed by atoms with van der Waals surface area (Å²) in [6.07, 6.45) is 4.46. The first-order chi connectivity index (χ1) is 11.7. The van der Waals surface area contributed by atoms with Crippen LogP contribution in [0.15, 0.2) is 46.6 Å². The molecule has 0 aromatic heterocycles. The maximum Gasteiger partial charge on any atom is 0.239 e. The summed E-state index contributed by atoms with van der Waals surface area (Å²) in [7, 11) is 0. The molecule has 0 bridgehead atoms. The summed E-state index contributed by atoms with van der Waals surface area (Å²) in [5, 5.41) is 23.3. The molecule has 6 heteroatoms. The van der Waals surface area contributed by atoms with E-state index in [-0.39, 0.29) is 16.9 Å². The number of nitrogens with zero attached hydrogens (tertiary/aromatic N) is 2. The largest absolute Gasteiger partial charge is 0.507 e. The van der Waals surface area contributed by atoms with Gasteiger partial charge in [0.25, 0.3) is 0 Å². The van der Waals surface area contributed by atoms with Gasteiger partial charge in [-0.1, -0.05) is 61.9 Å². The van der Waals surface area contributed by atoms with E-state index in [9.17, 15) is 9.90 Å². The van der Waals surface area contributed by atoms with E-state index in [4.69, 9.17) is 0 Å². The Labute approximate surface area is 144 Å². The number of hydrogen-bond acceptors (Lipinski definition) is 5. The van der Waals surface area contributed by atoms with Crippen molar-refractivity contribution in [3.63, 3.8) is 0 Å². The number of fused-ring (bicyclic) bond motifs is 1. The molecule has 0 aliphatic carbocycles. The van der Waals surface area contributed by atoms with Gasteiger partial charge in [-0.25, -0.2) is 0 Å². The third-order valence-corrected chi connectivity index (χ3v) is 5.02. The van der Waals surface area contributed by atoms with Gasteiger partial charge >= 0.3 is 0 Å². The molecule has 2 N–H and O–H groups in total. The Hall–Kier alpha value is -2.34. The van der Waals surface area contributed by atoms with Crippen molar-refractivity contribution in [1.29, 1.82) is 0 Å². The molecule has 0 spiro atoms. The summed E-state index contributed by atoms with van der Waals surface area (Å²) in [5.41, 5.74) is 0.620. The quantitative estimate of drug-likeness (QED) is 0.644. The Kier molecular flexibility index (Phi) is 5.15. The topological polar surface area (TPSA) is 74.1 Å². The average Bonchev–Trinajstić information content (AvgIpc) is 2.94. The molecule has 2 aromatic carbocycles. The fourth-order valence-electron chi connectivity index (χ4n) is 2.59. The van der Waals surface area contributed by atoms with Gasteiger partial charge in [0, 0.05) is 5.56 Å². The molecule has 2 aromatic rings. The number of carbonyl (C=O) groups excluding carboxylic acids is 1. The molecule has 1 fully saturated rings. The predicted octanol–water partition coefficient (Wildman–Crippen LogP) is 3.66. The first-order valence-electron chi connectivity index (χ1n) is 7.98. The van der Waals surface area contributed by atoms with Crippen molar-refractivity contribution in [2.24, 2.45) is 10.2 Å². The van der Waals surface area contributed by atoms with E-state index in [2.05, 4.69) is 22.4 Å². The second-order valence-electron chi connectivity index (χ2n) is 5.61. The molecule has 1 aliphatic rings. The molecule has 3 rings (SSSR count). The molecular formula is C18H19N3O2S. The molecule has 24 heavy (non-hydrogen) atoms. The van der Waals surface area contributed by atoms with Crippen LogP contribution in [0.4, 0.5) is 0 Å². The molecule has 1 aliphatic heterocycles. The third-order valence-electron chi connectivity index (χ3n) is 3.88. The van der Waals surface area contributed by atoms with Crippen molar-refractivity contribution in [2.45, 2.75) is 31.4 Å². The standard InChI is InChI=1S/C18H19N3O2S/c1-2-3-8-16-17(23)20-18(24-16)21-19-11-14-13-7-5-4-6-12(13)9-10-15(14)22/h4-7,9-11,16,22H,2-3,8H2,1H3,(H,20,21,23). The van der Waals surface area contributed by atoms with Gasteiger partial charge in [0.2, 0.25) is 5.91 Å². The minimum atomic E-state index is -0.0788. The van der Waals surface area contributed by atoms with Crippen LogP contribution in [0.3, 0.4) is 0 Å². The average molecular weight is 341 g/mol. The Morgan fingerprint density at radius 1 is 1.29 bits per heavy atom. The first-order valence-corrected chi connectivity index (χ1v) is 8.86. The number of phenolic OH excluding ortho intramolecular Hbond substituents is 1. The van der Waals surface area contributed by atoms with Gasteiger partial charge in [-0.15, -0.1) is 5.10 Å². The number of unbranched alkanes of at least 4 members (excludes halogenated alkanes) is 1. The molecule has 0 saturated carbocycles. The highest BCUT2D eigenvalue weighted by Gasteiger charge is 2.29. The second-order valence-corrected chi connectivity index (χ2v) is 6.80. The van der Waals surface area contributed by atoms with Crippen molar-refractivity contribution in [3.05, 3.63) is 42.0 Å². The van der Waals surface area contributed by atoms with Gasteiger partial charge in [-0.3, -0.25) is 4.79 Å². The Morgan fingerprint density at radius 3 is 2.96 bits per heavy atom. The SMILES string of the molecule is CCCCC1SC(=NN=Cc2c(O)ccc3ccccc23)NC1=O. The van der Waals surface area contributed by atoms with E-state index >= 15 is 0 Å². The Morgan fingerprint density at radius 2 is 2.12 bits per heavy atom. The van der Waals surface area contributed by atoms with Crippen LogP contribution in [0.5, 0.6) is 5.75 Å². The number of rotatable bonds is 5. The number of amidine groups is 1. The minimum Gasteiger partial charge on any atom is -0.507 e. The van der Waals surface area contributed by atoms with E-state index in [1.54, 1.807) is 6.07 Å². The molecule has 1 saturated heterocycles. The van der Waals surface area contributed by atoms with E-state index in [1.165, 1.54) is 18.0 Å². The molecule has 0 radical (unpaired) electrons. The lowest BCUT2D eigenvalue weighted by molar-refractivity contribution is -0.118. The lowest BCUT2D eigenvalue weighted by Gasteiger charge is -2.03. The zero-order valence-corrected chi connectivity index (χ0v) is 14.2.